The molecule has 0 spiro atoms. The Labute approximate surface area is 112 Å². The van der Waals surface area contributed by atoms with Gasteiger partial charge in [0.1, 0.15) is 5.75 Å². The number of benzene rings is 1. The summed E-state index contributed by atoms with van der Waals surface area (Å²) in [5.74, 6) is -0.285. The van der Waals surface area contributed by atoms with Gasteiger partial charge in [0.25, 0.3) is 0 Å². The third-order valence-electron chi connectivity index (χ3n) is 2.15. The number of aryl methyl sites for hydroxylation is 1. The minimum Gasteiger partial charge on any atom is -0.466 e. The van der Waals surface area contributed by atoms with E-state index in [4.69, 9.17) is 4.74 Å². The van der Waals surface area contributed by atoms with Crippen molar-refractivity contribution >= 4 is 21.9 Å². The summed E-state index contributed by atoms with van der Waals surface area (Å²) < 4.78 is 34.3. The first-order valence-corrected chi connectivity index (χ1v) is 6.21. The van der Waals surface area contributed by atoms with Gasteiger partial charge in [-0.25, -0.2) is 0 Å². The molecule has 0 aliphatic rings. The van der Waals surface area contributed by atoms with Crippen LogP contribution < -0.4 is 4.74 Å². The molecule has 0 heterocycles. The summed E-state index contributed by atoms with van der Waals surface area (Å²) in [5.41, 5.74) is 0.548. The fraction of sp³-hybridized carbons (Fsp3) is 0.417. The predicted octanol–water partition coefficient (Wildman–Crippen LogP) is 3.55. The van der Waals surface area contributed by atoms with Crippen molar-refractivity contribution in [3.05, 3.63) is 28.2 Å². The minimum atomic E-state index is -2.89. The average molecular weight is 323 g/mol. The molecule has 0 atom stereocenters. The van der Waals surface area contributed by atoms with Crippen LogP contribution in [0.5, 0.6) is 5.75 Å². The maximum Gasteiger partial charge on any atom is 0.387 e. The summed E-state index contributed by atoms with van der Waals surface area (Å²) in [4.78, 5) is 11.2. The quantitative estimate of drug-likeness (QED) is 0.751. The van der Waals surface area contributed by atoms with Gasteiger partial charge in [0.15, 0.2) is 0 Å². The van der Waals surface area contributed by atoms with Gasteiger partial charge in [-0.2, -0.15) is 8.78 Å². The monoisotopic (exact) mass is 322 g/mol. The van der Waals surface area contributed by atoms with E-state index in [1.54, 1.807) is 19.1 Å². The van der Waals surface area contributed by atoms with Crippen LogP contribution in [0.4, 0.5) is 8.78 Å². The Morgan fingerprint density at radius 2 is 2.17 bits per heavy atom. The fourth-order valence-electron chi connectivity index (χ4n) is 1.41. The summed E-state index contributed by atoms with van der Waals surface area (Å²) in [6.07, 6.45) is 0.434. The second-order valence-electron chi connectivity index (χ2n) is 3.44. The number of esters is 1. The molecular weight excluding hydrogens is 310 g/mol. The molecule has 0 saturated heterocycles. The van der Waals surface area contributed by atoms with Gasteiger partial charge in [-0.05, 0) is 31.0 Å². The lowest BCUT2D eigenvalue weighted by atomic mass is 10.1. The van der Waals surface area contributed by atoms with E-state index >= 15 is 0 Å². The van der Waals surface area contributed by atoms with Crippen molar-refractivity contribution in [2.24, 2.45) is 0 Å². The van der Waals surface area contributed by atoms with Crippen LogP contribution >= 0.6 is 15.9 Å². The molecule has 0 aliphatic carbocycles. The maximum atomic E-state index is 12.2. The second-order valence-corrected chi connectivity index (χ2v) is 4.35. The topological polar surface area (TPSA) is 35.5 Å². The maximum absolute atomic E-state index is 12.2. The molecule has 1 rings (SSSR count). The normalized spacial score (nSPS) is 10.5. The number of hydrogen-bond donors (Lipinski definition) is 0. The lowest BCUT2D eigenvalue weighted by molar-refractivity contribution is -0.143. The number of halogens is 3. The van der Waals surface area contributed by atoms with Crippen molar-refractivity contribution in [3.63, 3.8) is 0 Å². The highest BCUT2D eigenvalue weighted by Gasteiger charge is 2.12. The summed E-state index contributed by atoms with van der Waals surface area (Å²) in [5, 5.41) is 0. The molecule has 18 heavy (non-hydrogen) atoms. The molecule has 0 radical (unpaired) electrons. The molecule has 0 aliphatic heterocycles. The Hall–Kier alpha value is -1.17. The van der Waals surface area contributed by atoms with E-state index in [1.807, 2.05) is 0 Å². The largest absolute Gasteiger partial charge is 0.466 e. The fourth-order valence-corrected chi connectivity index (χ4v) is 1.75. The van der Waals surface area contributed by atoms with Gasteiger partial charge < -0.3 is 9.47 Å². The van der Waals surface area contributed by atoms with Crippen LogP contribution in [0.15, 0.2) is 22.7 Å². The van der Waals surface area contributed by atoms with E-state index in [2.05, 4.69) is 20.7 Å². The first kappa shape index (κ1) is 14.9. The Bertz CT molecular complexity index is 410. The zero-order chi connectivity index (χ0) is 13.5. The van der Waals surface area contributed by atoms with E-state index in [0.29, 0.717) is 23.1 Å². The van der Waals surface area contributed by atoms with E-state index in [1.165, 1.54) is 6.07 Å². The highest BCUT2D eigenvalue weighted by Crippen LogP contribution is 2.26. The second kappa shape index (κ2) is 7.31. The number of carbonyl (C=O) groups is 1. The van der Waals surface area contributed by atoms with Gasteiger partial charge in [0.2, 0.25) is 0 Å². The van der Waals surface area contributed by atoms with Crippen molar-refractivity contribution in [3.8, 4) is 5.75 Å². The molecule has 0 fully saturated rings. The van der Waals surface area contributed by atoms with Crippen molar-refractivity contribution in [1.82, 2.24) is 0 Å². The first-order chi connectivity index (χ1) is 8.52. The van der Waals surface area contributed by atoms with Crippen LogP contribution in [-0.4, -0.2) is 19.2 Å². The number of carbonyl (C=O) groups excluding carboxylic acids is 1. The lowest BCUT2D eigenvalue weighted by Gasteiger charge is -2.11. The van der Waals surface area contributed by atoms with Crippen LogP contribution in [0.3, 0.4) is 0 Å². The number of ether oxygens (including phenoxy) is 2. The predicted molar refractivity (Wildman–Crippen MR) is 65.7 cm³/mol. The first-order valence-electron chi connectivity index (χ1n) is 5.41. The average Bonchev–Trinajstić information content (AvgIpc) is 2.27. The molecule has 6 heteroatoms. The van der Waals surface area contributed by atoms with Gasteiger partial charge >= 0.3 is 12.6 Å². The smallest absolute Gasteiger partial charge is 0.387 e. The van der Waals surface area contributed by atoms with Crippen molar-refractivity contribution < 1.29 is 23.0 Å². The molecule has 1 aromatic carbocycles. The lowest BCUT2D eigenvalue weighted by Crippen LogP contribution is -2.08. The SMILES string of the molecule is CCOC(=O)CCc1ccc(Br)cc1OC(F)F. The summed E-state index contributed by atoms with van der Waals surface area (Å²) >= 11 is 3.17. The third-order valence-corrected chi connectivity index (χ3v) is 2.64. The van der Waals surface area contributed by atoms with E-state index < -0.39 is 6.61 Å². The molecule has 0 saturated carbocycles. The third kappa shape index (κ3) is 5.00. The minimum absolute atomic E-state index is 0.0728. The summed E-state index contributed by atoms with van der Waals surface area (Å²) in [6, 6.07) is 4.80. The highest BCUT2D eigenvalue weighted by molar-refractivity contribution is 9.10. The molecule has 100 valence electrons. The van der Waals surface area contributed by atoms with Gasteiger partial charge in [-0.1, -0.05) is 22.0 Å². The van der Waals surface area contributed by atoms with Gasteiger partial charge in [-0.3, -0.25) is 4.79 Å². The van der Waals surface area contributed by atoms with E-state index in [9.17, 15) is 13.6 Å². The van der Waals surface area contributed by atoms with E-state index in [-0.39, 0.29) is 18.1 Å². The zero-order valence-corrected chi connectivity index (χ0v) is 11.4. The van der Waals surface area contributed by atoms with Gasteiger partial charge in [0.05, 0.1) is 6.61 Å². The zero-order valence-electron chi connectivity index (χ0n) is 9.79. The molecule has 0 unspecified atom stereocenters. The number of hydrogen-bond acceptors (Lipinski definition) is 3. The summed E-state index contributed by atoms with van der Waals surface area (Å²) in [7, 11) is 0. The van der Waals surface area contributed by atoms with Crippen molar-refractivity contribution in [2.75, 3.05) is 6.61 Å². The standard InChI is InChI=1S/C12H13BrF2O3/c1-2-17-11(16)6-4-8-3-5-9(13)7-10(8)18-12(14)15/h3,5,7,12H,2,4,6H2,1H3. The van der Waals surface area contributed by atoms with Crippen LogP contribution in [0.25, 0.3) is 0 Å². The molecule has 0 N–H and O–H groups in total. The van der Waals surface area contributed by atoms with Crippen molar-refractivity contribution in [2.45, 2.75) is 26.4 Å². The van der Waals surface area contributed by atoms with Crippen LogP contribution in [0.1, 0.15) is 18.9 Å². The summed E-state index contributed by atoms with van der Waals surface area (Å²) in [6.45, 7) is -0.872. The molecule has 0 amide bonds. The Morgan fingerprint density at radius 1 is 1.44 bits per heavy atom. The molecule has 1 aromatic rings. The molecule has 0 bridgehead atoms. The number of alkyl halides is 2. The Kier molecular flexibility index (Phi) is 6.04. The Morgan fingerprint density at radius 3 is 2.78 bits per heavy atom. The molecule has 0 aromatic heterocycles. The van der Waals surface area contributed by atoms with Crippen LogP contribution in [0, 0.1) is 0 Å². The van der Waals surface area contributed by atoms with Crippen molar-refractivity contribution in [1.29, 1.82) is 0 Å². The molecular formula is C12H13BrF2O3. The van der Waals surface area contributed by atoms with E-state index in [0.717, 1.165) is 0 Å². The molecule has 3 nitrogen and oxygen atoms in total. The van der Waals surface area contributed by atoms with Crippen LogP contribution in [-0.2, 0) is 16.0 Å². The van der Waals surface area contributed by atoms with Gasteiger partial charge in [0, 0.05) is 10.9 Å². The number of rotatable bonds is 6. The van der Waals surface area contributed by atoms with Gasteiger partial charge in [-0.15, -0.1) is 0 Å². The van der Waals surface area contributed by atoms with Crippen LogP contribution in [0.2, 0.25) is 0 Å². The Balaban J connectivity index is 2.71. The highest BCUT2D eigenvalue weighted by atomic mass is 79.9.